The molecule has 0 heterocycles. The molecule has 0 saturated heterocycles. The third-order valence-electron chi connectivity index (χ3n) is 2.10. The van der Waals surface area contributed by atoms with Crippen LogP contribution in [0.5, 0.6) is 5.75 Å². The van der Waals surface area contributed by atoms with Crippen LogP contribution < -0.4 is 4.74 Å². The molecule has 0 aliphatic rings. The van der Waals surface area contributed by atoms with E-state index >= 15 is 0 Å². The van der Waals surface area contributed by atoms with Gasteiger partial charge in [0.1, 0.15) is 5.75 Å². The van der Waals surface area contributed by atoms with E-state index < -0.39 is 15.7 Å². The molecule has 0 aliphatic heterocycles. The first-order valence-corrected chi connectivity index (χ1v) is 7.06. The van der Waals surface area contributed by atoms with Crippen molar-refractivity contribution in [3.63, 3.8) is 0 Å². The van der Waals surface area contributed by atoms with E-state index in [0.717, 1.165) is 6.07 Å². The molecule has 0 aromatic heterocycles. The van der Waals surface area contributed by atoms with Gasteiger partial charge in [0.15, 0.2) is 0 Å². The number of rotatable bonds is 4. The number of hydrogen-bond acceptors (Lipinski definition) is 3. The minimum atomic E-state index is -3.87. The number of hydrogen-bond donors (Lipinski definition) is 0. The maximum Gasteiger partial charge on any atom is 0.387 e. The average Bonchev–Trinajstić information content (AvgIpc) is 2.15. The fraction of sp³-hybridized carbons (Fsp3) is 0.400. The lowest BCUT2D eigenvalue weighted by Crippen LogP contribution is -2.06. The van der Waals surface area contributed by atoms with Crippen molar-refractivity contribution in [3.8, 4) is 5.75 Å². The smallest absolute Gasteiger partial charge is 0.387 e. The van der Waals surface area contributed by atoms with E-state index in [1.54, 1.807) is 13.8 Å². The summed E-state index contributed by atoms with van der Waals surface area (Å²) in [5.41, 5.74) is 0.368. The Morgan fingerprint density at radius 2 is 1.88 bits per heavy atom. The van der Waals surface area contributed by atoms with Crippen LogP contribution in [0.4, 0.5) is 8.78 Å². The van der Waals surface area contributed by atoms with Gasteiger partial charge in [0, 0.05) is 10.7 Å². The van der Waals surface area contributed by atoms with E-state index in [0.29, 0.717) is 5.56 Å². The van der Waals surface area contributed by atoms with Crippen LogP contribution in [-0.4, -0.2) is 15.0 Å². The van der Waals surface area contributed by atoms with Gasteiger partial charge in [0.25, 0.3) is 9.05 Å². The molecule has 17 heavy (non-hydrogen) atoms. The highest BCUT2D eigenvalue weighted by Crippen LogP contribution is 2.31. The van der Waals surface area contributed by atoms with Crippen molar-refractivity contribution < 1.29 is 21.9 Å². The van der Waals surface area contributed by atoms with Gasteiger partial charge in [-0.15, -0.1) is 0 Å². The van der Waals surface area contributed by atoms with Gasteiger partial charge >= 0.3 is 6.61 Å². The van der Waals surface area contributed by atoms with Gasteiger partial charge in [0.05, 0.1) is 4.90 Å². The zero-order chi connectivity index (χ0) is 13.2. The van der Waals surface area contributed by atoms with E-state index in [1.165, 1.54) is 12.1 Å². The SMILES string of the molecule is CC(C)c1cc(S(=O)(=O)Cl)ccc1OC(F)F. The molecule has 3 nitrogen and oxygen atoms in total. The van der Waals surface area contributed by atoms with Crippen LogP contribution >= 0.6 is 10.7 Å². The second-order valence-electron chi connectivity index (χ2n) is 3.67. The maximum absolute atomic E-state index is 12.1. The molecule has 1 rings (SSSR count). The Labute approximate surface area is 103 Å². The van der Waals surface area contributed by atoms with Crippen molar-refractivity contribution in [3.05, 3.63) is 23.8 Å². The summed E-state index contributed by atoms with van der Waals surface area (Å²) in [4.78, 5) is -0.135. The van der Waals surface area contributed by atoms with Gasteiger partial charge in [-0.2, -0.15) is 8.78 Å². The Balaban J connectivity index is 3.27. The summed E-state index contributed by atoms with van der Waals surface area (Å²) in [6.45, 7) is 0.516. The van der Waals surface area contributed by atoms with Crippen LogP contribution in [0.1, 0.15) is 25.3 Å². The van der Waals surface area contributed by atoms with Gasteiger partial charge in [-0.05, 0) is 29.7 Å². The molecule has 0 spiro atoms. The quantitative estimate of drug-likeness (QED) is 0.797. The number of benzene rings is 1. The lowest BCUT2D eigenvalue weighted by atomic mass is 10.0. The van der Waals surface area contributed by atoms with Crippen LogP contribution in [0.15, 0.2) is 23.1 Å². The van der Waals surface area contributed by atoms with Gasteiger partial charge in [-0.1, -0.05) is 13.8 Å². The molecule has 0 unspecified atom stereocenters. The Hall–Kier alpha value is -0.880. The third-order valence-corrected chi connectivity index (χ3v) is 3.45. The molecule has 0 N–H and O–H groups in total. The topological polar surface area (TPSA) is 43.4 Å². The molecule has 7 heteroatoms. The largest absolute Gasteiger partial charge is 0.435 e. The van der Waals surface area contributed by atoms with Crippen molar-refractivity contribution in [2.24, 2.45) is 0 Å². The van der Waals surface area contributed by atoms with E-state index in [-0.39, 0.29) is 16.6 Å². The van der Waals surface area contributed by atoms with E-state index in [9.17, 15) is 17.2 Å². The highest BCUT2D eigenvalue weighted by atomic mass is 35.7. The summed E-state index contributed by atoms with van der Waals surface area (Å²) in [5, 5.41) is 0. The van der Waals surface area contributed by atoms with Crippen molar-refractivity contribution in [2.45, 2.75) is 31.3 Å². The Morgan fingerprint density at radius 3 is 2.29 bits per heavy atom. The van der Waals surface area contributed by atoms with Crippen molar-refractivity contribution in [1.82, 2.24) is 0 Å². The summed E-state index contributed by atoms with van der Waals surface area (Å²) >= 11 is 0. The molecule has 0 bridgehead atoms. The molecule has 0 atom stereocenters. The van der Waals surface area contributed by atoms with Crippen molar-refractivity contribution in [2.75, 3.05) is 0 Å². The fourth-order valence-electron chi connectivity index (χ4n) is 1.33. The standard InChI is InChI=1S/C10H11ClF2O3S/c1-6(2)8-5-7(17(11,14)15)3-4-9(8)16-10(12)13/h3-6,10H,1-2H3. The minimum absolute atomic E-state index is 0.0425. The Bertz CT molecular complexity index is 500. The Morgan fingerprint density at radius 1 is 1.29 bits per heavy atom. The van der Waals surface area contributed by atoms with Gasteiger partial charge in [-0.25, -0.2) is 8.42 Å². The predicted octanol–water partition coefficient (Wildman–Crippen LogP) is 3.34. The average molecular weight is 285 g/mol. The second-order valence-corrected chi connectivity index (χ2v) is 6.24. The fourth-order valence-corrected chi connectivity index (χ4v) is 2.12. The van der Waals surface area contributed by atoms with Crippen LogP contribution in [0, 0.1) is 0 Å². The van der Waals surface area contributed by atoms with Crippen molar-refractivity contribution in [1.29, 1.82) is 0 Å². The molecule has 0 saturated carbocycles. The molecule has 96 valence electrons. The predicted molar refractivity (Wildman–Crippen MR) is 60.2 cm³/mol. The molecular formula is C10H11ClF2O3S. The molecule has 1 aromatic carbocycles. The van der Waals surface area contributed by atoms with Gasteiger partial charge in [-0.3, -0.25) is 0 Å². The summed E-state index contributed by atoms with van der Waals surface area (Å²) < 4.78 is 50.8. The molecule has 1 aromatic rings. The molecule has 0 amide bonds. The van der Waals surface area contributed by atoms with Crippen LogP contribution in [0.3, 0.4) is 0 Å². The molecule has 0 radical (unpaired) electrons. The number of ether oxygens (including phenoxy) is 1. The van der Waals surface area contributed by atoms with Gasteiger partial charge < -0.3 is 4.74 Å². The first kappa shape index (κ1) is 14.2. The van der Waals surface area contributed by atoms with Crippen LogP contribution in [0.2, 0.25) is 0 Å². The zero-order valence-electron chi connectivity index (χ0n) is 9.15. The maximum atomic E-state index is 12.1. The first-order chi connectivity index (χ1) is 7.71. The molecule has 0 aliphatic carbocycles. The monoisotopic (exact) mass is 284 g/mol. The lowest BCUT2D eigenvalue weighted by molar-refractivity contribution is -0.0505. The summed E-state index contributed by atoms with van der Waals surface area (Å²) in [6.07, 6.45) is 0. The normalized spacial score (nSPS) is 12.2. The summed E-state index contributed by atoms with van der Waals surface area (Å²) in [5.74, 6) is -0.207. The highest BCUT2D eigenvalue weighted by Gasteiger charge is 2.17. The lowest BCUT2D eigenvalue weighted by Gasteiger charge is -2.14. The first-order valence-electron chi connectivity index (χ1n) is 4.75. The third kappa shape index (κ3) is 3.81. The summed E-state index contributed by atoms with van der Waals surface area (Å²) in [7, 11) is 1.30. The molecular weight excluding hydrogens is 274 g/mol. The van der Waals surface area contributed by atoms with Gasteiger partial charge in [0.2, 0.25) is 0 Å². The summed E-state index contributed by atoms with van der Waals surface area (Å²) in [6, 6.07) is 3.55. The Kier molecular flexibility index (Phi) is 4.32. The molecule has 0 fully saturated rings. The number of alkyl halides is 2. The second kappa shape index (κ2) is 5.18. The zero-order valence-corrected chi connectivity index (χ0v) is 10.7. The number of halogens is 3. The van der Waals surface area contributed by atoms with Crippen LogP contribution in [0.25, 0.3) is 0 Å². The minimum Gasteiger partial charge on any atom is -0.435 e. The highest BCUT2D eigenvalue weighted by molar-refractivity contribution is 8.13. The van der Waals surface area contributed by atoms with Crippen LogP contribution in [-0.2, 0) is 9.05 Å². The van der Waals surface area contributed by atoms with Crippen molar-refractivity contribution >= 4 is 19.7 Å². The van der Waals surface area contributed by atoms with E-state index in [2.05, 4.69) is 4.74 Å². The van der Waals surface area contributed by atoms with E-state index in [4.69, 9.17) is 10.7 Å². The van der Waals surface area contributed by atoms with E-state index in [1.807, 2.05) is 0 Å².